The zero-order valence-electron chi connectivity index (χ0n) is 12.9. The van der Waals surface area contributed by atoms with Crippen molar-refractivity contribution >= 4 is 0 Å². The van der Waals surface area contributed by atoms with Gasteiger partial charge in [-0.25, -0.2) is 0 Å². The summed E-state index contributed by atoms with van der Waals surface area (Å²) in [6.07, 6.45) is 8.72. The summed E-state index contributed by atoms with van der Waals surface area (Å²) in [5.41, 5.74) is 0. The molecule has 0 amide bonds. The van der Waals surface area contributed by atoms with Gasteiger partial charge < -0.3 is 10.0 Å². The summed E-state index contributed by atoms with van der Waals surface area (Å²) in [7, 11) is 2.24. The molecule has 19 heavy (non-hydrogen) atoms. The Morgan fingerprint density at radius 3 is 2.63 bits per heavy atom. The predicted molar refractivity (Wildman–Crippen MR) is 80.3 cm³/mol. The monoisotopic (exact) mass is 268 g/mol. The number of likely N-dealkylation sites (N-methyl/N-ethyl adjacent to an activating group) is 2. The molecule has 1 N–H and O–H groups in total. The third-order valence-electron chi connectivity index (χ3n) is 5.09. The standard InChI is InChI=1S/C16H32N2O/c1-3-18-11-7-9-15(18)13-17(2)12-14-8-5-4-6-10-16(14)19/h14-16,19H,3-13H2,1-2H3. The molecule has 0 bridgehead atoms. The molecule has 2 fully saturated rings. The van der Waals surface area contributed by atoms with Gasteiger partial charge in [-0.3, -0.25) is 4.90 Å². The van der Waals surface area contributed by atoms with Crippen LogP contribution in [0.3, 0.4) is 0 Å². The van der Waals surface area contributed by atoms with Gasteiger partial charge in [0.25, 0.3) is 0 Å². The van der Waals surface area contributed by atoms with E-state index in [9.17, 15) is 5.11 Å². The van der Waals surface area contributed by atoms with Crippen LogP contribution < -0.4 is 0 Å². The van der Waals surface area contributed by atoms with Crippen LogP contribution in [0.25, 0.3) is 0 Å². The van der Waals surface area contributed by atoms with E-state index in [4.69, 9.17) is 0 Å². The highest BCUT2D eigenvalue weighted by molar-refractivity contribution is 4.82. The number of likely N-dealkylation sites (tertiary alicyclic amines) is 1. The van der Waals surface area contributed by atoms with E-state index in [2.05, 4.69) is 23.8 Å². The van der Waals surface area contributed by atoms with E-state index in [1.54, 1.807) is 0 Å². The van der Waals surface area contributed by atoms with Gasteiger partial charge in [0.2, 0.25) is 0 Å². The van der Waals surface area contributed by atoms with Gasteiger partial charge in [0, 0.05) is 19.1 Å². The number of nitrogens with zero attached hydrogens (tertiary/aromatic N) is 2. The number of aliphatic hydroxyl groups excluding tert-OH is 1. The van der Waals surface area contributed by atoms with Crippen molar-refractivity contribution in [2.45, 2.75) is 64.0 Å². The normalized spacial score (nSPS) is 33.8. The first-order valence-electron chi connectivity index (χ1n) is 8.31. The van der Waals surface area contributed by atoms with Gasteiger partial charge in [-0.1, -0.05) is 26.2 Å². The van der Waals surface area contributed by atoms with Crippen LogP contribution in [0.5, 0.6) is 0 Å². The smallest absolute Gasteiger partial charge is 0.0580 e. The molecule has 112 valence electrons. The molecular formula is C16H32N2O. The molecule has 2 aliphatic rings. The maximum Gasteiger partial charge on any atom is 0.0580 e. The van der Waals surface area contributed by atoms with Gasteiger partial charge >= 0.3 is 0 Å². The van der Waals surface area contributed by atoms with E-state index in [1.165, 1.54) is 58.2 Å². The Kier molecular flexibility index (Phi) is 6.11. The third-order valence-corrected chi connectivity index (χ3v) is 5.09. The summed E-state index contributed by atoms with van der Waals surface area (Å²) in [5, 5.41) is 10.2. The Morgan fingerprint density at radius 2 is 1.84 bits per heavy atom. The maximum atomic E-state index is 10.2. The van der Waals surface area contributed by atoms with Crippen LogP contribution in [-0.2, 0) is 0 Å². The average molecular weight is 268 g/mol. The molecule has 2 rings (SSSR count). The summed E-state index contributed by atoms with van der Waals surface area (Å²) in [4.78, 5) is 5.08. The molecule has 0 aromatic carbocycles. The van der Waals surface area contributed by atoms with Crippen LogP contribution in [0.1, 0.15) is 51.9 Å². The Hall–Kier alpha value is -0.120. The topological polar surface area (TPSA) is 26.7 Å². The van der Waals surface area contributed by atoms with E-state index in [0.717, 1.165) is 19.0 Å². The van der Waals surface area contributed by atoms with Crippen LogP contribution in [0, 0.1) is 5.92 Å². The molecule has 3 atom stereocenters. The van der Waals surface area contributed by atoms with Gasteiger partial charge in [-0.15, -0.1) is 0 Å². The number of hydrogen-bond donors (Lipinski definition) is 1. The number of aliphatic hydroxyl groups is 1. The highest BCUT2D eigenvalue weighted by Gasteiger charge is 2.27. The second-order valence-electron chi connectivity index (χ2n) is 6.61. The van der Waals surface area contributed by atoms with E-state index in [-0.39, 0.29) is 6.10 Å². The average Bonchev–Trinajstić information content (AvgIpc) is 2.74. The van der Waals surface area contributed by atoms with E-state index >= 15 is 0 Å². The number of rotatable bonds is 5. The summed E-state index contributed by atoms with van der Waals surface area (Å²) >= 11 is 0. The van der Waals surface area contributed by atoms with Crippen molar-refractivity contribution < 1.29 is 5.11 Å². The van der Waals surface area contributed by atoms with Crippen LogP contribution in [-0.4, -0.2) is 60.3 Å². The molecule has 1 aliphatic carbocycles. The summed E-state index contributed by atoms with van der Waals surface area (Å²) in [6, 6.07) is 0.748. The lowest BCUT2D eigenvalue weighted by Crippen LogP contribution is -2.41. The first kappa shape index (κ1) is 15.3. The molecule has 1 heterocycles. The second kappa shape index (κ2) is 7.61. The quantitative estimate of drug-likeness (QED) is 0.775. The largest absolute Gasteiger partial charge is 0.393 e. The fraction of sp³-hybridized carbons (Fsp3) is 1.00. The van der Waals surface area contributed by atoms with Crippen LogP contribution in [0.2, 0.25) is 0 Å². The molecule has 0 spiro atoms. The van der Waals surface area contributed by atoms with Gasteiger partial charge in [-0.05, 0) is 51.7 Å². The van der Waals surface area contributed by atoms with E-state index in [0.29, 0.717) is 5.92 Å². The zero-order valence-corrected chi connectivity index (χ0v) is 12.9. The summed E-state index contributed by atoms with van der Waals surface area (Å²) in [6.45, 7) is 6.99. The SMILES string of the molecule is CCN1CCCC1CN(C)CC1CCCCCC1O. The fourth-order valence-electron chi connectivity index (χ4n) is 3.93. The molecule has 0 aromatic heterocycles. The van der Waals surface area contributed by atoms with E-state index in [1.807, 2.05) is 0 Å². The highest BCUT2D eigenvalue weighted by atomic mass is 16.3. The first-order chi connectivity index (χ1) is 9.20. The van der Waals surface area contributed by atoms with Crippen LogP contribution >= 0.6 is 0 Å². The molecule has 0 radical (unpaired) electrons. The first-order valence-corrected chi connectivity index (χ1v) is 8.31. The van der Waals surface area contributed by atoms with Crippen molar-refractivity contribution in [1.82, 2.24) is 9.80 Å². The van der Waals surface area contributed by atoms with Gasteiger partial charge in [-0.2, -0.15) is 0 Å². The Morgan fingerprint density at radius 1 is 1.05 bits per heavy atom. The van der Waals surface area contributed by atoms with Crippen LogP contribution in [0.4, 0.5) is 0 Å². The van der Waals surface area contributed by atoms with Crippen molar-refractivity contribution in [3.63, 3.8) is 0 Å². The minimum absolute atomic E-state index is 0.0594. The van der Waals surface area contributed by atoms with Crippen molar-refractivity contribution in [2.24, 2.45) is 5.92 Å². The van der Waals surface area contributed by atoms with Gasteiger partial charge in [0.05, 0.1) is 6.10 Å². The maximum absolute atomic E-state index is 10.2. The molecule has 3 heteroatoms. The van der Waals surface area contributed by atoms with Crippen molar-refractivity contribution in [3.05, 3.63) is 0 Å². The minimum Gasteiger partial charge on any atom is -0.393 e. The minimum atomic E-state index is -0.0594. The lowest BCUT2D eigenvalue weighted by Gasteiger charge is -2.31. The van der Waals surface area contributed by atoms with Crippen LogP contribution in [0.15, 0.2) is 0 Å². The Balaban J connectivity index is 1.77. The second-order valence-corrected chi connectivity index (χ2v) is 6.61. The highest BCUT2D eigenvalue weighted by Crippen LogP contribution is 2.25. The molecule has 0 aromatic rings. The zero-order chi connectivity index (χ0) is 13.7. The Labute approximate surface area is 119 Å². The van der Waals surface area contributed by atoms with Crippen molar-refractivity contribution in [2.75, 3.05) is 33.2 Å². The fourth-order valence-corrected chi connectivity index (χ4v) is 3.93. The van der Waals surface area contributed by atoms with Gasteiger partial charge in [0.15, 0.2) is 0 Å². The summed E-state index contributed by atoms with van der Waals surface area (Å²) < 4.78 is 0. The van der Waals surface area contributed by atoms with Crippen molar-refractivity contribution in [3.8, 4) is 0 Å². The Bertz CT molecular complexity index is 259. The number of hydrogen-bond acceptors (Lipinski definition) is 3. The summed E-state index contributed by atoms with van der Waals surface area (Å²) in [5.74, 6) is 0.504. The molecule has 3 nitrogen and oxygen atoms in total. The molecule has 1 saturated heterocycles. The van der Waals surface area contributed by atoms with Crippen molar-refractivity contribution in [1.29, 1.82) is 0 Å². The predicted octanol–water partition coefficient (Wildman–Crippen LogP) is 2.34. The van der Waals surface area contributed by atoms with E-state index < -0.39 is 0 Å². The lowest BCUT2D eigenvalue weighted by molar-refractivity contribution is 0.0732. The molecule has 3 unspecified atom stereocenters. The lowest BCUT2D eigenvalue weighted by atomic mass is 9.96. The third kappa shape index (κ3) is 4.44. The molecule has 1 saturated carbocycles. The van der Waals surface area contributed by atoms with Gasteiger partial charge in [0.1, 0.15) is 0 Å². The molecular weight excluding hydrogens is 236 g/mol. The molecule has 1 aliphatic heterocycles.